The molecule has 0 bridgehead atoms. The van der Waals surface area contributed by atoms with Gasteiger partial charge in [0, 0.05) is 36.6 Å². The molecule has 2 aromatic carbocycles. The lowest BCUT2D eigenvalue weighted by Crippen LogP contribution is -2.00. The average molecular weight is 351 g/mol. The van der Waals surface area contributed by atoms with E-state index in [1.165, 1.54) is 12.1 Å². The van der Waals surface area contributed by atoms with Crippen molar-refractivity contribution >= 4 is 11.4 Å². The first-order valence-electron chi connectivity index (χ1n) is 7.89. The number of benzene rings is 2. The second kappa shape index (κ2) is 7.98. The summed E-state index contributed by atoms with van der Waals surface area (Å²) in [5.74, 6) is 1.91. The third-order valence-corrected chi connectivity index (χ3v) is 3.66. The van der Waals surface area contributed by atoms with E-state index in [1.54, 1.807) is 25.4 Å². The van der Waals surface area contributed by atoms with Crippen molar-refractivity contribution in [2.24, 2.45) is 0 Å². The summed E-state index contributed by atoms with van der Waals surface area (Å²) in [5, 5.41) is 13.9. The summed E-state index contributed by atoms with van der Waals surface area (Å²) in [4.78, 5) is 14.5. The van der Waals surface area contributed by atoms with Crippen molar-refractivity contribution in [2.45, 2.75) is 6.54 Å². The Bertz CT molecular complexity index is 880. The van der Waals surface area contributed by atoms with Crippen molar-refractivity contribution in [3.63, 3.8) is 0 Å². The molecule has 7 heteroatoms. The molecule has 7 nitrogen and oxygen atoms in total. The number of nitro benzene ring substituents is 1. The monoisotopic (exact) mass is 351 g/mol. The van der Waals surface area contributed by atoms with Gasteiger partial charge in [0.2, 0.25) is 5.88 Å². The van der Waals surface area contributed by atoms with E-state index in [2.05, 4.69) is 10.3 Å². The Hall–Kier alpha value is -3.61. The van der Waals surface area contributed by atoms with Crippen LogP contribution >= 0.6 is 0 Å². The summed E-state index contributed by atoms with van der Waals surface area (Å²) in [5.41, 5.74) is 1.83. The molecule has 1 aromatic heterocycles. The summed E-state index contributed by atoms with van der Waals surface area (Å²) < 4.78 is 10.9. The van der Waals surface area contributed by atoms with Gasteiger partial charge in [-0.3, -0.25) is 10.1 Å². The lowest BCUT2D eigenvalue weighted by Gasteiger charge is -2.09. The van der Waals surface area contributed by atoms with Crippen molar-refractivity contribution in [1.29, 1.82) is 0 Å². The van der Waals surface area contributed by atoms with Crippen molar-refractivity contribution in [3.05, 3.63) is 82.5 Å². The molecule has 0 aliphatic rings. The predicted molar refractivity (Wildman–Crippen MR) is 97.7 cm³/mol. The van der Waals surface area contributed by atoms with Crippen LogP contribution < -0.4 is 14.8 Å². The van der Waals surface area contributed by atoms with Crippen molar-refractivity contribution in [1.82, 2.24) is 4.98 Å². The topological polar surface area (TPSA) is 86.5 Å². The van der Waals surface area contributed by atoms with Crippen molar-refractivity contribution in [2.75, 3.05) is 12.4 Å². The highest BCUT2D eigenvalue weighted by molar-refractivity contribution is 5.49. The van der Waals surface area contributed by atoms with E-state index in [-0.39, 0.29) is 5.69 Å². The van der Waals surface area contributed by atoms with Gasteiger partial charge in [0.1, 0.15) is 11.5 Å². The van der Waals surface area contributed by atoms with Gasteiger partial charge in [0.05, 0.1) is 12.0 Å². The molecule has 0 saturated heterocycles. The van der Waals surface area contributed by atoms with Gasteiger partial charge in [0.25, 0.3) is 5.69 Å². The van der Waals surface area contributed by atoms with E-state index in [0.717, 1.165) is 17.0 Å². The zero-order chi connectivity index (χ0) is 18.4. The number of rotatable bonds is 7. The molecular weight excluding hydrogens is 334 g/mol. The minimum absolute atomic E-state index is 0.0645. The number of methoxy groups -OCH3 is 1. The van der Waals surface area contributed by atoms with Crippen LogP contribution in [0.1, 0.15) is 5.56 Å². The maximum absolute atomic E-state index is 10.7. The molecule has 3 aromatic rings. The number of nitro groups is 1. The Morgan fingerprint density at radius 3 is 2.38 bits per heavy atom. The molecular formula is C19H17N3O4. The minimum atomic E-state index is -0.421. The Kier molecular flexibility index (Phi) is 5.28. The number of aromatic nitrogens is 1. The maximum Gasteiger partial charge on any atom is 0.269 e. The molecule has 0 amide bonds. The highest BCUT2D eigenvalue weighted by Gasteiger charge is 2.05. The molecule has 132 valence electrons. The third-order valence-electron chi connectivity index (χ3n) is 3.66. The normalized spacial score (nSPS) is 10.2. The van der Waals surface area contributed by atoms with Gasteiger partial charge in [-0.2, -0.15) is 0 Å². The number of ether oxygens (including phenoxy) is 2. The molecule has 3 rings (SSSR count). The van der Waals surface area contributed by atoms with Gasteiger partial charge in [-0.05, 0) is 48.0 Å². The number of hydrogen-bond acceptors (Lipinski definition) is 6. The van der Waals surface area contributed by atoms with Gasteiger partial charge < -0.3 is 14.8 Å². The summed E-state index contributed by atoms with van der Waals surface area (Å²) in [6.07, 6.45) is 1.67. The molecule has 26 heavy (non-hydrogen) atoms. The van der Waals surface area contributed by atoms with Crippen LogP contribution in [0.25, 0.3) is 0 Å². The van der Waals surface area contributed by atoms with E-state index in [4.69, 9.17) is 9.47 Å². The van der Waals surface area contributed by atoms with Crippen LogP contribution in [0.3, 0.4) is 0 Å². The lowest BCUT2D eigenvalue weighted by atomic mass is 10.2. The number of non-ortho nitro benzene ring substituents is 1. The Morgan fingerprint density at radius 1 is 1.04 bits per heavy atom. The van der Waals surface area contributed by atoms with Crippen LogP contribution in [0, 0.1) is 10.1 Å². The van der Waals surface area contributed by atoms with Crippen molar-refractivity contribution in [3.8, 4) is 17.4 Å². The predicted octanol–water partition coefficient (Wildman–Crippen LogP) is 4.40. The van der Waals surface area contributed by atoms with E-state index in [0.29, 0.717) is 18.2 Å². The van der Waals surface area contributed by atoms with Gasteiger partial charge in [-0.1, -0.05) is 0 Å². The van der Waals surface area contributed by atoms with Gasteiger partial charge in [0.15, 0.2) is 0 Å². The molecule has 0 spiro atoms. The highest BCUT2D eigenvalue weighted by atomic mass is 16.6. The average Bonchev–Trinajstić information content (AvgIpc) is 2.67. The maximum atomic E-state index is 10.7. The van der Waals surface area contributed by atoms with Crippen LogP contribution in [-0.2, 0) is 6.54 Å². The summed E-state index contributed by atoms with van der Waals surface area (Å²) in [6, 6.07) is 17.2. The lowest BCUT2D eigenvalue weighted by molar-refractivity contribution is -0.384. The van der Waals surface area contributed by atoms with Gasteiger partial charge in [-0.25, -0.2) is 4.98 Å². The number of nitrogens with one attached hydrogen (secondary N) is 1. The molecule has 0 aliphatic heterocycles. The smallest absolute Gasteiger partial charge is 0.269 e. The standard InChI is InChI=1S/C19H17N3O4/c1-25-17-6-8-18(9-7-17)26-19-12-14(10-11-20-19)13-21-15-2-4-16(5-3-15)22(23)24/h2-12,21H,13H2,1H3. The molecule has 1 N–H and O–H groups in total. The van der Waals surface area contributed by atoms with Crippen LogP contribution in [-0.4, -0.2) is 17.0 Å². The van der Waals surface area contributed by atoms with Crippen LogP contribution in [0.15, 0.2) is 66.9 Å². The zero-order valence-corrected chi connectivity index (χ0v) is 14.1. The van der Waals surface area contributed by atoms with Gasteiger partial charge in [-0.15, -0.1) is 0 Å². The molecule has 0 saturated carbocycles. The van der Waals surface area contributed by atoms with E-state index < -0.39 is 4.92 Å². The second-order valence-electron chi connectivity index (χ2n) is 5.44. The molecule has 0 unspecified atom stereocenters. The van der Waals surface area contributed by atoms with Gasteiger partial charge >= 0.3 is 0 Å². The first kappa shape index (κ1) is 17.2. The molecule has 0 atom stereocenters. The SMILES string of the molecule is COc1ccc(Oc2cc(CNc3ccc([N+](=O)[O-])cc3)ccn2)cc1. The number of anilines is 1. The molecule has 1 heterocycles. The number of hydrogen-bond donors (Lipinski definition) is 1. The first-order chi connectivity index (χ1) is 12.6. The summed E-state index contributed by atoms with van der Waals surface area (Å²) in [6.45, 7) is 0.541. The van der Waals surface area contributed by atoms with E-state index >= 15 is 0 Å². The fourth-order valence-electron chi connectivity index (χ4n) is 2.29. The number of pyridine rings is 1. The summed E-state index contributed by atoms with van der Waals surface area (Å²) in [7, 11) is 1.61. The highest BCUT2D eigenvalue weighted by Crippen LogP contribution is 2.23. The Balaban J connectivity index is 1.62. The van der Waals surface area contributed by atoms with Crippen molar-refractivity contribution < 1.29 is 14.4 Å². The quantitative estimate of drug-likeness (QED) is 0.501. The molecule has 0 aliphatic carbocycles. The molecule has 0 radical (unpaired) electrons. The van der Waals surface area contributed by atoms with Crippen LogP contribution in [0.4, 0.5) is 11.4 Å². The minimum Gasteiger partial charge on any atom is -0.497 e. The van der Waals surface area contributed by atoms with Crippen LogP contribution in [0.2, 0.25) is 0 Å². The largest absolute Gasteiger partial charge is 0.497 e. The summed E-state index contributed by atoms with van der Waals surface area (Å²) >= 11 is 0. The third kappa shape index (κ3) is 4.47. The first-order valence-corrected chi connectivity index (χ1v) is 7.89. The fraction of sp³-hybridized carbons (Fsp3) is 0.105. The molecule has 0 fully saturated rings. The van der Waals surface area contributed by atoms with E-state index in [9.17, 15) is 10.1 Å². The second-order valence-corrected chi connectivity index (χ2v) is 5.44. The number of nitrogens with zero attached hydrogens (tertiary/aromatic N) is 2. The van der Waals surface area contributed by atoms with Crippen LogP contribution in [0.5, 0.6) is 17.4 Å². The zero-order valence-electron chi connectivity index (χ0n) is 14.1. The van der Waals surface area contributed by atoms with E-state index in [1.807, 2.05) is 36.4 Å². The Morgan fingerprint density at radius 2 is 1.73 bits per heavy atom. The Labute approximate surface area is 150 Å². The fourth-order valence-corrected chi connectivity index (χ4v) is 2.29.